The van der Waals surface area contributed by atoms with Gasteiger partial charge >= 0.3 is 27.6 Å². The van der Waals surface area contributed by atoms with Crippen molar-refractivity contribution in [1.82, 2.24) is 19.5 Å². The highest BCUT2D eigenvalue weighted by atomic mass is 31.2. The summed E-state index contributed by atoms with van der Waals surface area (Å²) in [5.74, 6) is -3.17. The van der Waals surface area contributed by atoms with E-state index < -0.39 is 101 Å². The van der Waals surface area contributed by atoms with Gasteiger partial charge in [0.25, 0.3) is 6.23 Å². The van der Waals surface area contributed by atoms with E-state index in [0.717, 1.165) is 29.4 Å². The van der Waals surface area contributed by atoms with E-state index in [-0.39, 0.29) is 17.0 Å². The number of carboxylic acids is 1. The van der Waals surface area contributed by atoms with Crippen molar-refractivity contribution >= 4 is 44.6 Å². The Kier molecular flexibility index (Phi) is 9.74. The number of pyridine rings is 1. The number of phosphoric acid groups is 2. The minimum absolute atomic E-state index is 0.0330. The molecule has 5 rings (SSSR count). The minimum atomic E-state index is -5.32. The van der Waals surface area contributed by atoms with Crippen LogP contribution in [-0.2, 0) is 32.2 Å². The van der Waals surface area contributed by atoms with Gasteiger partial charge < -0.3 is 55.1 Å². The van der Waals surface area contributed by atoms with Crippen LogP contribution in [0.25, 0.3) is 11.2 Å². The number of anilines is 1. The van der Waals surface area contributed by atoms with Crippen LogP contribution in [0, 0.1) is 0 Å². The molecule has 0 amide bonds. The Balaban J connectivity index is 1.27. The number of ether oxygens (including phenoxy) is 2. The normalized spacial score (nSPS) is 29.2. The molecule has 5 heterocycles. The van der Waals surface area contributed by atoms with E-state index in [1.807, 2.05) is 0 Å². The van der Waals surface area contributed by atoms with E-state index in [1.165, 1.54) is 10.9 Å². The fraction of sp³-hybridized carbons (Fsp3) is 0.455. The molecular formula is C22H27N6O17P2+. The topological polar surface area (TPSA) is 350 Å². The van der Waals surface area contributed by atoms with E-state index >= 15 is 0 Å². The number of imidazole rings is 1. The molecule has 0 bridgehead atoms. The highest BCUT2D eigenvalue weighted by molar-refractivity contribution is 7.48. The van der Waals surface area contributed by atoms with Crippen molar-refractivity contribution in [1.29, 1.82) is 0 Å². The highest BCUT2D eigenvalue weighted by Gasteiger charge is 2.50. The third-order valence-electron chi connectivity index (χ3n) is 7.01. The van der Waals surface area contributed by atoms with Crippen molar-refractivity contribution in [2.75, 3.05) is 18.9 Å². The Bertz CT molecular complexity index is 1770. The lowest BCUT2D eigenvalue weighted by Crippen LogP contribution is -2.47. The quantitative estimate of drug-likeness (QED) is 0.0696. The molecule has 23 nitrogen and oxygen atoms in total. The first-order chi connectivity index (χ1) is 22.0. The number of fused-ring (bicyclic) bond motifs is 1. The van der Waals surface area contributed by atoms with Crippen LogP contribution in [0.2, 0.25) is 0 Å². The molecule has 0 aliphatic carbocycles. The number of aromatic carboxylic acids is 1. The fourth-order valence-corrected chi connectivity index (χ4v) is 5.81. The Morgan fingerprint density at radius 1 is 0.915 bits per heavy atom. The number of hydrogen-bond acceptors (Lipinski definition) is 17. The lowest BCUT2D eigenvalue weighted by Gasteiger charge is -2.17. The monoisotopic (exact) mass is 709 g/mol. The Morgan fingerprint density at radius 2 is 1.55 bits per heavy atom. The summed E-state index contributed by atoms with van der Waals surface area (Å²) in [5.41, 5.74) is 4.78. The van der Waals surface area contributed by atoms with Crippen LogP contribution in [-0.4, -0.2) is 122 Å². The summed E-state index contributed by atoms with van der Waals surface area (Å²) in [6.45, 7) is -1.77. The molecule has 3 aromatic rings. The number of carbonyl (C=O) groups excluding carboxylic acids is 1. The standard InChI is InChI=1S/C22H26N6O17P2/c23-17-12-18(25-6-24-17)28(7-26-12)20-16(32)14(30)11(44-20)5-42-47(39,40)45-22(35)9-1-8(21(33)34)2-27(3-9)19-15(31)13(29)10(43-19)4-41-46(36,37)38/h1-3,6-7,10-11,13-16,19-20,29-32H,4-5H2,(H5-,23,24,25,33,34,36,37,38,39,40)/p+1/t10-,11-,13-,14-,15-,16-,19-,20-/m1/s1. The first-order valence-corrected chi connectivity index (χ1v) is 16.1. The van der Waals surface area contributed by atoms with Crippen molar-refractivity contribution in [3.05, 3.63) is 42.2 Å². The SMILES string of the molecule is Nc1ncnc2c1ncn2[C@@H]1O[C@H](COP(=O)(O)OC(=O)c2cc(C(=O)O)c[n+]([C@@H]3O[C@H](COP(=O)(O)O)[C@@H](O)[C@H]3O)c2)[C@@H](O)[C@H]1O. The summed E-state index contributed by atoms with van der Waals surface area (Å²) < 4.78 is 50.3. The molecule has 0 radical (unpaired) electrons. The second kappa shape index (κ2) is 13.2. The number of hydrogen-bond donors (Lipinski definition) is 9. The molecule has 1 unspecified atom stereocenters. The number of nitrogens with zero attached hydrogens (tertiary/aromatic N) is 5. The number of rotatable bonds is 11. The van der Waals surface area contributed by atoms with Crippen molar-refractivity contribution in [2.45, 2.75) is 49.1 Å². The van der Waals surface area contributed by atoms with Crippen molar-refractivity contribution in [2.24, 2.45) is 0 Å². The van der Waals surface area contributed by atoms with Crippen LogP contribution in [0.4, 0.5) is 5.82 Å². The van der Waals surface area contributed by atoms with Crippen molar-refractivity contribution in [3.63, 3.8) is 0 Å². The average molecular weight is 709 g/mol. The van der Waals surface area contributed by atoms with Gasteiger partial charge in [-0.3, -0.25) is 18.5 Å². The average Bonchev–Trinajstić information content (AvgIpc) is 3.64. The first-order valence-electron chi connectivity index (χ1n) is 13.1. The van der Waals surface area contributed by atoms with Crippen molar-refractivity contribution in [3.8, 4) is 0 Å². The molecule has 47 heavy (non-hydrogen) atoms. The molecule has 0 spiro atoms. The molecule has 3 aromatic heterocycles. The van der Waals surface area contributed by atoms with Gasteiger partial charge in [0.1, 0.15) is 53.5 Å². The molecular weight excluding hydrogens is 682 g/mol. The smallest absolute Gasteiger partial charge is 0.477 e. The predicted octanol–water partition coefficient (Wildman–Crippen LogP) is -3.28. The van der Waals surface area contributed by atoms with E-state index in [2.05, 4.69) is 24.0 Å². The zero-order valence-electron chi connectivity index (χ0n) is 23.4. The van der Waals surface area contributed by atoms with Gasteiger partial charge in [-0.15, -0.1) is 0 Å². The molecule has 0 aromatic carbocycles. The maximum atomic E-state index is 12.8. The number of nitrogens with two attached hydrogens (primary N) is 1. The van der Waals surface area contributed by atoms with Crippen LogP contribution in [0.1, 0.15) is 33.2 Å². The third kappa shape index (κ3) is 7.47. The summed E-state index contributed by atoms with van der Waals surface area (Å²) >= 11 is 0. The van der Waals surface area contributed by atoms with Crippen LogP contribution in [0.15, 0.2) is 31.1 Å². The largest absolute Gasteiger partial charge is 0.529 e. The van der Waals surface area contributed by atoms with Crippen LogP contribution < -0.4 is 10.3 Å². The van der Waals surface area contributed by atoms with E-state index in [4.69, 9.17) is 29.5 Å². The molecule has 2 saturated heterocycles. The number of aromatic nitrogens is 5. The van der Waals surface area contributed by atoms with Gasteiger partial charge in [0, 0.05) is 0 Å². The van der Waals surface area contributed by atoms with Crippen LogP contribution >= 0.6 is 15.6 Å². The Hall–Kier alpha value is -3.54. The number of nitrogen functional groups attached to an aromatic ring is 1. The van der Waals surface area contributed by atoms with Gasteiger partial charge in [0.2, 0.25) is 0 Å². The zero-order valence-corrected chi connectivity index (χ0v) is 25.2. The maximum Gasteiger partial charge on any atom is 0.529 e. The van der Waals surface area contributed by atoms with Crippen LogP contribution in [0.3, 0.4) is 0 Å². The summed E-state index contributed by atoms with van der Waals surface area (Å²) in [7, 11) is -10.3. The summed E-state index contributed by atoms with van der Waals surface area (Å²) in [4.78, 5) is 64.4. The predicted molar refractivity (Wildman–Crippen MR) is 144 cm³/mol. The van der Waals surface area contributed by atoms with Gasteiger partial charge in [0.05, 0.1) is 19.5 Å². The summed E-state index contributed by atoms with van der Waals surface area (Å²) in [5, 5.41) is 51.2. The van der Waals surface area contributed by atoms with Gasteiger partial charge in [-0.2, -0.15) is 4.57 Å². The molecule has 9 atom stereocenters. The van der Waals surface area contributed by atoms with E-state index in [0.29, 0.717) is 0 Å². The number of aliphatic hydroxyl groups is 4. The number of carbonyl (C=O) groups is 2. The maximum absolute atomic E-state index is 12.8. The summed E-state index contributed by atoms with van der Waals surface area (Å²) in [6, 6.07) is 0.740. The lowest BCUT2D eigenvalue weighted by molar-refractivity contribution is -0.766. The van der Waals surface area contributed by atoms with Gasteiger partial charge in [-0.05, 0) is 6.07 Å². The number of phosphoric ester groups is 2. The van der Waals surface area contributed by atoms with Crippen molar-refractivity contribution < 1.29 is 86.5 Å². The Labute approximate surface area is 261 Å². The molecule has 2 fully saturated rings. The molecule has 10 N–H and O–H groups in total. The zero-order chi connectivity index (χ0) is 34.4. The second-order valence-corrected chi connectivity index (χ2v) is 12.8. The molecule has 0 saturated carbocycles. The molecule has 2 aliphatic rings. The first kappa shape index (κ1) is 34.8. The summed E-state index contributed by atoms with van der Waals surface area (Å²) in [6.07, 6.45) is -8.74. The number of carboxylic acid groups (broad SMARTS) is 1. The second-order valence-electron chi connectivity index (χ2n) is 10.2. The highest BCUT2D eigenvalue weighted by Crippen LogP contribution is 2.45. The van der Waals surface area contributed by atoms with E-state index in [1.54, 1.807) is 0 Å². The number of aliphatic hydroxyl groups excluding tert-OH is 4. The fourth-order valence-electron chi connectivity index (χ4n) is 4.76. The van der Waals surface area contributed by atoms with Gasteiger partial charge in [-0.1, -0.05) is 0 Å². The van der Waals surface area contributed by atoms with E-state index in [9.17, 15) is 49.1 Å². The Morgan fingerprint density at radius 3 is 2.23 bits per heavy atom. The lowest BCUT2D eigenvalue weighted by atomic mass is 10.1. The molecule has 2 aliphatic heterocycles. The van der Waals surface area contributed by atoms with Gasteiger partial charge in [-0.25, -0.2) is 33.7 Å². The third-order valence-corrected chi connectivity index (χ3v) is 8.36. The van der Waals surface area contributed by atoms with Gasteiger partial charge in [0.15, 0.2) is 36.2 Å². The minimum Gasteiger partial charge on any atom is -0.477 e. The van der Waals surface area contributed by atoms with Crippen LogP contribution in [0.5, 0.6) is 0 Å². The molecule has 25 heteroatoms. The molecule has 256 valence electrons.